The number of ether oxygens (including phenoxy) is 4. The molecule has 0 aliphatic carbocycles. The number of carbonyl (C=O) groups is 4. The monoisotopic (exact) mass is 1490 g/mol. The highest BCUT2D eigenvalue weighted by atomic mass is 31.2. The largest absolute Gasteiger partial charge is 0.472 e. The highest BCUT2D eigenvalue weighted by Crippen LogP contribution is 2.45. The molecule has 0 aliphatic heterocycles. The third-order valence-corrected chi connectivity index (χ3v) is 20.9. The van der Waals surface area contributed by atoms with Gasteiger partial charge in [-0.15, -0.1) is 0 Å². The van der Waals surface area contributed by atoms with Crippen molar-refractivity contribution < 1.29 is 80.2 Å². The Balaban J connectivity index is 5.19. The second-order valence-corrected chi connectivity index (χ2v) is 32.1. The van der Waals surface area contributed by atoms with Crippen LogP contribution >= 0.6 is 15.6 Å². The average Bonchev–Trinajstić information content (AvgIpc) is 0.932. The lowest BCUT2D eigenvalue weighted by atomic mass is 10.0. The first-order valence-corrected chi connectivity index (χ1v) is 45.6. The van der Waals surface area contributed by atoms with Gasteiger partial charge in [-0.3, -0.25) is 37.3 Å². The van der Waals surface area contributed by atoms with E-state index in [0.717, 1.165) is 116 Å². The van der Waals surface area contributed by atoms with Gasteiger partial charge in [0.2, 0.25) is 0 Å². The smallest absolute Gasteiger partial charge is 0.462 e. The summed E-state index contributed by atoms with van der Waals surface area (Å²) < 4.78 is 68.6. The number of hydrogen-bond acceptors (Lipinski definition) is 15. The van der Waals surface area contributed by atoms with Gasteiger partial charge in [0.05, 0.1) is 26.4 Å². The highest BCUT2D eigenvalue weighted by Gasteiger charge is 2.30. The Bertz CT molecular complexity index is 2020. The first kappa shape index (κ1) is 99.5. The lowest BCUT2D eigenvalue weighted by molar-refractivity contribution is -0.161. The summed E-state index contributed by atoms with van der Waals surface area (Å²) in [5, 5.41) is 10.6. The number of hydrogen-bond donors (Lipinski definition) is 3. The zero-order chi connectivity index (χ0) is 74.6. The molecule has 0 bridgehead atoms. The normalized spacial score (nSPS) is 13.9. The number of allylic oxidation sites excluding steroid dienone is 4. The van der Waals surface area contributed by atoms with Crippen LogP contribution in [-0.4, -0.2) is 96.7 Å². The van der Waals surface area contributed by atoms with E-state index in [0.29, 0.717) is 25.7 Å². The van der Waals surface area contributed by atoms with Crippen LogP contribution in [0.15, 0.2) is 24.3 Å². The van der Waals surface area contributed by atoms with Crippen molar-refractivity contribution in [3.8, 4) is 0 Å². The molecule has 0 fully saturated rings. The fourth-order valence-electron chi connectivity index (χ4n) is 12.5. The molecule has 0 spiro atoms. The molecule has 0 saturated heterocycles. The molecule has 602 valence electrons. The zero-order valence-corrected chi connectivity index (χ0v) is 67.9. The number of unbranched alkanes of at least 4 members (excludes halogenated alkanes) is 53. The number of aliphatic hydroxyl groups is 1. The standard InChI is InChI=1S/C83H158O17P2/c1-5-9-13-17-21-24-27-30-33-35-37-39-41-44-46-49-52-56-60-64-68-81(86)94-74-79(100-83(88)70-66-62-58-54-51-48-45-42-40-38-36-34-31-28-25-22-18-14-10-6-2)76-98-102(91,92)96-72-77(84)71-95-101(89,90)97-75-78(73-93-80(85)67-63-59-55-20-16-12-8-4)99-82(87)69-65-61-57-53-50-47-43-32-29-26-23-19-15-11-7-3/h26,29,32,43,77-79,84H,5-25,27-28,30-31,33-42,44-76H2,1-4H3,(H,89,90)(H,91,92)/b29-26-,43-32-/t77-,78+,79+/m0/s1. The van der Waals surface area contributed by atoms with Gasteiger partial charge in [0.1, 0.15) is 19.3 Å². The van der Waals surface area contributed by atoms with Gasteiger partial charge in [0.15, 0.2) is 12.2 Å². The topological polar surface area (TPSA) is 237 Å². The molecule has 0 amide bonds. The number of aliphatic hydroxyl groups excluding tert-OH is 1. The molecule has 0 aliphatic rings. The lowest BCUT2D eigenvalue weighted by Gasteiger charge is -2.21. The van der Waals surface area contributed by atoms with Crippen LogP contribution in [0.2, 0.25) is 0 Å². The summed E-state index contributed by atoms with van der Waals surface area (Å²) in [7, 11) is -9.93. The maximum atomic E-state index is 13.1. The number of phosphoric ester groups is 2. The fraction of sp³-hybridized carbons (Fsp3) is 0.904. The van der Waals surface area contributed by atoms with E-state index in [4.69, 9.17) is 37.0 Å². The molecular formula is C83H158O17P2. The molecule has 5 atom stereocenters. The Morgan fingerprint density at radius 2 is 0.471 bits per heavy atom. The summed E-state index contributed by atoms with van der Waals surface area (Å²) in [6.45, 7) is 4.92. The van der Waals surface area contributed by atoms with Gasteiger partial charge in [-0.1, -0.05) is 373 Å². The third kappa shape index (κ3) is 75.8. The fourth-order valence-corrected chi connectivity index (χ4v) is 14.0. The van der Waals surface area contributed by atoms with E-state index < -0.39 is 97.5 Å². The molecule has 3 N–H and O–H groups in total. The van der Waals surface area contributed by atoms with Crippen molar-refractivity contribution in [2.45, 2.75) is 444 Å². The van der Waals surface area contributed by atoms with Crippen molar-refractivity contribution in [1.29, 1.82) is 0 Å². The molecule has 0 aromatic carbocycles. The Hall–Kier alpha value is -2.46. The second kappa shape index (κ2) is 76.7. The lowest BCUT2D eigenvalue weighted by Crippen LogP contribution is -2.30. The maximum Gasteiger partial charge on any atom is 0.472 e. The van der Waals surface area contributed by atoms with Gasteiger partial charge >= 0.3 is 39.5 Å². The first-order valence-electron chi connectivity index (χ1n) is 42.6. The van der Waals surface area contributed by atoms with Gasteiger partial charge in [-0.05, 0) is 51.4 Å². The molecule has 0 aromatic rings. The van der Waals surface area contributed by atoms with E-state index in [9.17, 15) is 43.2 Å². The zero-order valence-electron chi connectivity index (χ0n) is 66.1. The van der Waals surface area contributed by atoms with Crippen LogP contribution in [-0.2, 0) is 65.4 Å². The Kier molecular flexibility index (Phi) is 74.9. The third-order valence-electron chi connectivity index (χ3n) is 19.0. The Labute approximate surface area is 624 Å². The summed E-state index contributed by atoms with van der Waals surface area (Å²) in [6.07, 6.45) is 73.3. The quantitative estimate of drug-likeness (QED) is 0.0169. The van der Waals surface area contributed by atoms with Gasteiger partial charge in [-0.2, -0.15) is 0 Å². The minimum absolute atomic E-state index is 0.0853. The van der Waals surface area contributed by atoms with E-state index in [1.165, 1.54) is 231 Å². The molecule has 0 heterocycles. The predicted molar refractivity (Wildman–Crippen MR) is 418 cm³/mol. The SMILES string of the molecule is CCCCCC/C=C\C=C/CCCCCCCC(=O)O[C@H](COC(=O)CCCCCCCCC)COP(=O)(O)OC[C@H](O)COP(=O)(O)OC[C@@H](COC(=O)CCCCCCCCCCCCCCCCCCCCCC)OC(=O)CCCCCCCCCCCCCCCCCCCCCC. The molecule has 0 radical (unpaired) electrons. The molecular weight excluding hydrogens is 1330 g/mol. The molecule has 2 unspecified atom stereocenters. The summed E-state index contributed by atoms with van der Waals surface area (Å²) in [5.41, 5.74) is 0. The summed E-state index contributed by atoms with van der Waals surface area (Å²) >= 11 is 0. The Morgan fingerprint density at radius 1 is 0.275 bits per heavy atom. The van der Waals surface area contributed by atoms with Crippen LogP contribution in [0, 0.1) is 0 Å². The van der Waals surface area contributed by atoms with Crippen molar-refractivity contribution >= 4 is 39.5 Å². The highest BCUT2D eigenvalue weighted by molar-refractivity contribution is 7.47. The second-order valence-electron chi connectivity index (χ2n) is 29.2. The maximum absolute atomic E-state index is 13.1. The van der Waals surface area contributed by atoms with Crippen LogP contribution < -0.4 is 0 Å². The summed E-state index contributed by atoms with van der Waals surface area (Å²) in [6, 6.07) is 0. The predicted octanol–water partition coefficient (Wildman–Crippen LogP) is 24.9. The van der Waals surface area contributed by atoms with Gasteiger partial charge in [0.25, 0.3) is 0 Å². The molecule has 102 heavy (non-hydrogen) atoms. The number of esters is 4. The number of carbonyl (C=O) groups excluding carboxylic acids is 4. The van der Waals surface area contributed by atoms with Crippen LogP contribution in [0.5, 0.6) is 0 Å². The van der Waals surface area contributed by atoms with E-state index in [1.807, 2.05) is 0 Å². The van der Waals surface area contributed by atoms with Gasteiger partial charge < -0.3 is 33.8 Å². The summed E-state index contributed by atoms with van der Waals surface area (Å²) in [5.74, 6) is -2.14. The van der Waals surface area contributed by atoms with E-state index >= 15 is 0 Å². The number of phosphoric acid groups is 2. The molecule has 19 heteroatoms. The van der Waals surface area contributed by atoms with Crippen molar-refractivity contribution in [2.24, 2.45) is 0 Å². The average molecular weight is 1490 g/mol. The van der Waals surface area contributed by atoms with Crippen molar-refractivity contribution in [1.82, 2.24) is 0 Å². The number of rotatable bonds is 82. The van der Waals surface area contributed by atoms with Crippen molar-refractivity contribution in [3.63, 3.8) is 0 Å². The Morgan fingerprint density at radius 3 is 0.716 bits per heavy atom. The van der Waals surface area contributed by atoms with Crippen LogP contribution in [0.25, 0.3) is 0 Å². The summed E-state index contributed by atoms with van der Waals surface area (Å²) in [4.78, 5) is 72.9. The van der Waals surface area contributed by atoms with E-state index in [1.54, 1.807) is 0 Å². The van der Waals surface area contributed by atoms with Gasteiger partial charge in [0, 0.05) is 25.7 Å². The van der Waals surface area contributed by atoms with Gasteiger partial charge in [-0.25, -0.2) is 9.13 Å². The minimum atomic E-state index is -4.97. The first-order chi connectivity index (χ1) is 49.7. The molecule has 0 rings (SSSR count). The minimum Gasteiger partial charge on any atom is -0.462 e. The van der Waals surface area contributed by atoms with Crippen LogP contribution in [0.1, 0.15) is 426 Å². The van der Waals surface area contributed by atoms with Crippen molar-refractivity contribution in [2.75, 3.05) is 39.6 Å². The molecule has 0 aromatic heterocycles. The van der Waals surface area contributed by atoms with Crippen molar-refractivity contribution in [3.05, 3.63) is 24.3 Å². The van der Waals surface area contributed by atoms with Crippen LogP contribution in [0.4, 0.5) is 0 Å². The molecule has 0 saturated carbocycles. The molecule has 17 nitrogen and oxygen atoms in total. The van der Waals surface area contributed by atoms with E-state index in [-0.39, 0.29) is 25.7 Å². The van der Waals surface area contributed by atoms with Crippen LogP contribution in [0.3, 0.4) is 0 Å². The van der Waals surface area contributed by atoms with E-state index in [2.05, 4.69) is 52.0 Å².